The van der Waals surface area contributed by atoms with Gasteiger partial charge in [0, 0.05) is 19.5 Å². The Morgan fingerprint density at radius 1 is 1.18 bits per heavy atom. The van der Waals surface area contributed by atoms with Crippen LogP contribution < -0.4 is 0 Å². The molecule has 0 radical (unpaired) electrons. The molecule has 0 aromatic heterocycles. The number of carbonyl (C=O) groups is 1. The van der Waals surface area contributed by atoms with Crippen molar-refractivity contribution in [3.63, 3.8) is 0 Å². The van der Waals surface area contributed by atoms with Gasteiger partial charge in [0.2, 0.25) is 5.91 Å². The average Bonchev–Trinajstić information content (AvgIpc) is 2.27. The molecule has 1 aliphatic carbocycles. The van der Waals surface area contributed by atoms with Crippen molar-refractivity contribution in [2.75, 3.05) is 13.1 Å². The Balaban J connectivity index is 1.66. The first-order chi connectivity index (χ1) is 8.16. The van der Waals surface area contributed by atoms with Crippen LogP contribution in [0, 0.1) is 17.8 Å². The molecular weight excluding hydrogens is 210 g/mol. The van der Waals surface area contributed by atoms with Gasteiger partial charge < -0.3 is 4.90 Å². The Bertz CT molecular complexity index is 250. The van der Waals surface area contributed by atoms with E-state index in [4.69, 9.17) is 0 Å². The van der Waals surface area contributed by atoms with Crippen molar-refractivity contribution in [1.82, 2.24) is 4.90 Å². The molecule has 2 heteroatoms. The lowest BCUT2D eigenvalue weighted by Gasteiger charge is -2.34. The maximum absolute atomic E-state index is 12.0. The molecule has 0 bridgehead atoms. The summed E-state index contributed by atoms with van der Waals surface area (Å²) in [5.74, 6) is 2.90. The van der Waals surface area contributed by atoms with E-state index in [2.05, 4.69) is 18.7 Å². The van der Waals surface area contributed by atoms with E-state index < -0.39 is 0 Å². The largest absolute Gasteiger partial charge is 0.343 e. The fraction of sp³-hybridized carbons (Fsp3) is 0.933. The molecule has 1 heterocycles. The standard InChI is InChI=1S/C15H27NO/c1-12(2)14-8-10-16(11-9-14)15(17)7-6-13-4-3-5-13/h12-14H,3-11H2,1-2H3. The molecule has 2 nitrogen and oxygen atoms in total. The molecule has 0 N–H and O–H groups in total. The van der Waals surface area contributed by atoms with Gasteiger partial charge in [0.25, 0.3) is 0 Å². The van der Waals surface area contributed by atoms with Gasteiger partial charge in [0.1, 0.15) is 0 Å². The first-order valence-electron chi connectivity index (χ1n) is 7.44. The highest BCUT2D eigenvalue weighted by atomic mass is 16.2. The Morgan fingerprint density at radius 2 is 1.82 bits per heavy atom. The van der Waals surface area contributed by atoms with Gasteiger partial charge in [0.15, 0.2) is 0 Å². The quantitative estimate of drug-likeness (QED) is 0.733. The van der Waals surface area contributed by atoms with Gasteiger partial charge in [-0.3, -0.25) is 4.79 Å². The number of hydrogen-bond donors (Lipinski definition) is 0. The van der Waals surface area contributed by atoms with E-state index in [9.17, 15) is 4.79 Å². The van der Waals surface area contributed by atoms with Gasteiger partial charge >= 0.3 is 0 Å². The summed E-state index contributed by atoms with van der Waals surface area (Å²) in [6, 6.07) is 0. The first kappa shape index (κ1) is 12.9. The van der Waals surface area contributed by atoms with E-state index in [1.165, 1.54) is 32.1 Å². The van der Waals surface area contributed by atoms with Crippen molar-refractivity contribution in [1.29, 1.82) is 0 Å². The SMILES string of the molecule is CC(C)C1CCN(C(=O)CCC2CCC2)CC1. The molecule has 0 unspecified atom stereocenters. The summed E-state index contributed by atoms with van der Waals surface area (Å²) in [6.07, 6.45) is 8.49. The maximum atomic E-state index is 12.0. The van der Waals surface area contributed by atoms with Gasteiger partial charge in [0.05, 0.1) is 0 Å². The highest BCUT2D eigenvalue weighted by Crippen LogP contribution is 2.31. The molecule has 2 fully saturated rings. The summed E-state index contributed by atoms with van der Waals surface area (Å²) < 4.78 is 0. The molecule has 0 aromatic carbocycles. The molecular formula is C15H27NO. The predicted octanol–water partition coefficient (Wildman–Crippen LogP) is 3.46. The zero-order valence-electron chi connectivity index (χ0n) is 11.5. The summed E-state index contributed by atoms with van der Waals surface area (Å²) in [5.41, 5.74) is 0. The maximum Gasteiger partial charge on any atom is 0.222 e. The summed E-state index contributed by atoms with van der Waals surface area (Å²) in [5, 5.41) is 0. The van der Waals surface area contributed by atoms with Gasteiger partial charge in [-0.1, -0.05) is 33.1 Å². The molecule has 0 aromatic rings. The second-order valence-electron chi connectivity index (χ2n) is 6.30. The normalized spacial score (nSPS) is 22.9. The summed E-state index contributed by atoms with van der Waals surface area (Å²) in [6.45, 7) is 6.62. The molecule has 17 heavy (non-hydrogen) atoms. The van der Waals surface area contributed by atoms with Gasteiger partial charge in [-0.25, -0.2) is 0 Å². The Morgan fingerprint density at radius 3 is 2.29 bits per heavy atom. The minimum absolute atomic E-state index is 0.416. The highest BCUT2D eigenvalue weighted by molar-refractivity contribution is 5.76. The van der Waals surface area contributed by atoms with Crippen molar-refractivity contribution < 1.29 is 4.79 Å². The second-order valence-corrected chi connectivity index (χ2v) is 6.30. The van der Waals surface area contributed by atoms with Crippen LogP contribution in [-0.4, -0.2) is 23.9 Å². The zero-order valence-corrected chi connectivity index (χ0v) is 11.5. The molecule has 1 aliphatic heterocycles. The molecule has 2 aliphatic rings. The van der Waals surface area contributed by atoms with Gasteiger partial charge in [-0.2, -0.15) is 0 Å². The Labute approximate surface area is 106 Å². The molecule has 98 valence electrons. The average molecular weight is 237 g/mol. The molecule has 1 saturated heterocycles. The monoisotopic (exact) mass is 237 g/mol. The number of amides is 1. The van der Waals surface area contributed by atoms with E-state index in [1.807, 2.05) is 0 Å². The number of hydrogen-bond acceptors (Lipinski definition) is 1. The summed E-state index contributed by atoms with van der Waals surface area (Å²) in [4.78, 5) is 14.2. The lowest BCUT2D eigenvalue weighted by atomic mass is 9.82. The van der Waals surface area contributed by atoms with Crippen molar-refractivity contribution in [3.05, 3.63) is 0 Å². The third kappa shape index (κ3) is 3.46. The number of piperidine rings is 1. The van der Waals surface area contributed by atoms with Gasteiger partial charge in [-0.05, 0) is 37.0 Å². The number of likely N-dealkylation sites (tertiary alicyclic amines) is 1. The van der Waals surface area contributed by atoms with E-state index in [0.29, 0.717) is 5.91 Å². The first-order valence-corrected chi connectivity index (χ1v) is 7.44. The van der Waals surface area contributed by atoms with Crippen LogP contribution in [0.15, 0.2) is 0 Å². The van der Waals surface area contributed by atoms with Crippen molar-refractivity contribution >= 4 is 5.91 Å². The van der Waals surface area contributed by atoms with Crippen molar-refractivity contribution in [3.8, 4) is 0 Å². The fourth-order valence-electron chi connectivity index (χ4n) is 3.08. The van der Waals surface area contributed by atoms with Crippen LogP contribution in [0.2, 0.25) is 0 Å². The summed E-state index contributed by atoms with van der Waals surface area (Å²) >= 11 is 0. The topological polar surface area (TPSA) is 20.3 Å². The lowest BCUT2D eigenvalue weighted by molar-refractivity contribution is -0.133. The van der Waals surface area contributed by atoms with E-state index in [0.717, 1.165) is 43.7 Å². The number of carbonyl (C=O) groups excluding carboxylic acids is 1. The van der Waals surface area contributed by atoms with Crippen LogP contribution in [0.1, 0.15) is 58.8 Å². The molecule has 1 saturated carbocycles. The highest BCUT2D eigenvalue weighted by Gasteiger charge is 2.25. The van der Waals surface area contributed by atoms with Crippen LogP contribution in [-0.2, 0) is 4.79 Å². The molecule has 0 spiro atoms. The summed E-state index contributed by atoms with van der Waals surface area (Å²) in [7, 11) is 0. The number of rotatable bonds is 4. The Kier molecular flexibility index (Phi) is 4.47. The van der Waals surface area contributed by atoms with Crippen molar-refractivity contribution in [2.45, 2.75) is 58.8 Å². The third-order valence-electron chi connectivity index (χ3n) is 4.83. The van der Waals surface area contributed by atoms with E-state index in [-0.39, 0.29) is 0 Å². The van der Waals surface area contributed by atoms with Crippen molar-refractivity contribution in [2.24, 2.45) is 17.8 Å². The van der Waals surface area contributed by atoms with Crippen LogP contribution in [0.4, 0.5) is 0 Å². The van der Waals surface area contributed by atoms with E-state index in [1.54, 1.807) is 0 Å². The minimum Gasteiger partial charge on any atom is -0.343 e. The van der Waals surface area contributed by atoms with Gasteiger partial charge in [-0.15, -0.1) is 0 Å². The molecule has 1 amide bonds. The van der Waals surface area contributed by atoms with Crippen LogP contribution in [0.25, 0.3) is 0 Å². The lowest BCUT2D eigenvalue weighted by Crippen LogP contribution is -2.39. The fourth-order valence-corrected chi connectivity index (χ4v) is 3.08. The zero-order chi connectivity index (χ0) is 12.3. The van der Waals surface area contributed by atoms with Crippen LogP contribution in [0.3, 0.4) is 0 Å². The third-order valence-corrected chi connectivity index (χ3v) is 4.83. The molecule has 0 atom stereocenters. The molecule has 2 rings (SSSR count). The van der Waals surface area contributed by atoms with Crippen LogP contribution >= 0.6 is 0 Å². The Hall–Kier alpha value is -0.530. The minimum atomic E-state index is 0.416. The van der Waals surface area contributed by atoms with Crippen LogP contribution in [0.5, 0.6) is 0 Å². The predicted molar refractivity (Wildman–Crippen MR) is 70.7 cm³/mol. The van der Waals surface area contributed by atoms with E-state index >= 15 is 0 Å². The number of nitrogens with zero attached hydrogens (tertiary/aromatic N) is 1. The second kappa shape index (κ2) is 5.88. The smallest absolute Gasteiger partial charge is 0.222 e.